The predicted molar refractivity (Wildman–Crippen MR) is 110 cm³/mol. The molecule has 0 radical (unpaired) electrons. The molecule has 0 aliphatic rings. The molecule has 2 heterocycles. The maximum absolute atomic E-state index is 8.92. The Labute approximate surface area is 167 Å². The van der Waals surface area contributed by atoms with Crippen molar-refractivity contribution in [2.45, 2.75) is 13.2 Å². The lowest BCUT2D eigenvalue weighted by Crippen LogP contribution is -1.88. The van der Waals surface area contributed by atoms with Gasteiger partial charge in [-0.1, -0.05) is 35.3 Å². The summed E-state index contributed by atoms with van der Waals surface area (Å²) in [6, 6.07) is 15.0. The molecule has 0 fully saturated rings. The van der Waals surface area contributed by atoms with E-state index in [9.17, 15) is 0 Å². The predicted octanol–water partition coefficient (Wildman–Crippen LogP) is 5.42. The van der Waals surface area contributed by atoms with Crippen molar-refractivity contribution in [2.24, 2.45) is 0 Å². The van der Waals surface area contributed by atoms with E-state index in [2.05, 4.69) is 9.97 Å². The van der Waals surface area contributed by atoms with Crippen molar-refractivity contribution >= 4 is 45.0 Å². The molecule has 0 saturated heterocycles. The zero-order valence-electron chi connectivity index (χ0n) is 14.7. The standard InChI is InChI=1S/C11H10ClNO.C10H8ClNO/c1-14-7-8-2-3-11-9(6-8)10(12)4-5-13-11;11-9-3-4-12-10-2-1-7(6-13)5-8(9)10/h2-6H,7H2,1H3;1-5,13H,6H2. The molecule has 4 nitrogen and oxygen atoms in total. The van der Waals surface area contributed by atoms with Gasteiger partial charge < -0.3 is 9.84 Å². The van der Waals surface area contributed by atoms with Gasteiger partial charge in [-0.15, -0.1) is 0 Å². The van der Waals surface area contributed by atoms with Gasteiger partial charge in [0.15, 0.2) is 0 Å². The summed E-state index contributed by atoms with van der Waals surface area (Å²) in [5, 5.41) is 12.2. The number of nitrogens with zero attached hydrogens (tertiary/aromatic N) is 2. The summed E-state index contributed by atoms with van der Waals surface area (Å²) in [4.78, 5) is 8.37. The van der Waals surface area contributed by atoms with Gasteiger partial charge in [-0.05, 0) is 47.5 Å². The quantitative estimate of drug-likeness (QED) is 0.498. The Bertz CT molecular complexity index is 1070. The van der Waals surface area contributed by atoms with Crippen LogP contribution in [0.1, 0.15) is 11.1 Å². The molecule has 1 N–H and O–H groups in total. The van der Waals surface area contributed by atoms with Crippen LogP contribution in [-0.4, -0.2) is 22.2 Å². The number of aliphatic hydroxyl groups excluding tert-OH is 1. The van der Waals surface area contributed by atoms with Crippen LogP contribution in [0.15, 0.2) is 60.9 Å². The van der Waals surface area contributed by atoms with Crippen LogP contribution in [0.3, 0.4) is 0 Å². The molecular weight excluding hydrogens is 383 g/mol. The lowest BCUT2D eigenvalue weighted by molar-refractivity contribution is 0.185. The Morgan fingerprint density at radius 1 is 0.815 bits per heavy atom. The van der Waals surface area contributed by atoms with E-state index in [0.29, 0.717) is 11.6 Å². The van der Waals surface area contributed by atoms with Gasteiger partial charge in [0.25, 0.3) is 0 Å². The molecule has 4 rings (SSSR count). The number of ether oxygens (including phenoxy) is 1. The van der Waals surface area contributed by atoms with Crippen LogP contribution < -0.4 is 0 Å². The Morgan fingerprint density at radius 3 is 1.85 bits per heavy atom. The molecule has 2 aromatic heterocycles. The topological polar surface area (TPSA) is 55.2 Å². The van der Waals surface area contributed by atoms with E-state index in [1.54, 1.807) is 31.6 Å². The Balaban J connectivity index is 0.000000156. The Kier molecular flexibility index (Phi) is 6.58. The number of hydrogen-bond donors (Lipinski definition) is 1. The molecule has 27 heavy (non-hydrogen) atoms. The van der Waals surface area contributed by atoms with Crippen molar-refractivity contribution in [3.05, 3.63) is 82.1 Å². The van der Waals surface area contributed by atoms with Crippen molar-refractivity contribution < 1.29 is 9.84 Å². The number of hydrogen-bond acceptors (Lipinski definition) is 4. The van der Waals surface area contributed by atoms with Crippen molar-refractivity contribution in [1.29, 1.82) is 0 Å². The first kappa shape index (κ1) is 19.5. The first-order chi connectivity index (χ1) is 13.1. The van der Waals surface area contributed by atoms with E-state index < -0.39 is 0 Å². The SMILES string of the molecule is COCc1ccc2nccc(Cl)c2c1.OCc1ccc2nccc(Cl)c2c1. The van der Waals surface area contributed by atoms with E-state index in [1.165, 1.54) is 0 Å². The third-order valence-electron chi connectivity index (χ3n) is 4.00. The fourth-order valence-electron chi connectivity index (χ4n) is 2.67. The second kappa shape index (κ2) is 9.11. The van der Waals surface area contributed by atoms with Crippen LogP contribution in [0.5, 0.6) is 0 Å². The highest BCUT2D eigenvalue weighted by Crippen LogP contribution is 2.23. The first-order valence-electron chi connectivity index (χ1n) is 8.28. The average molecular weight is 401 g/mol. The van der Waals surface area contributed by atoms with Gasteiger partial charge in [-0.3, -0.25) is 9.97 Å². The van der Waals surface area contributed by atoms with Gasteiger partial charge in [0.1, 0.15) is 0 Å². The highest BCUT2D eigenvalue weighted by molar-refractivity contribution is 6.35. The molecule has 2 aromatic carbocycles. The summed E-state index contributed by atoms with van der Waals surface area (Å²) in [7, 11) is 1.68. The van der Waals surface area contributed by atoms with Crippen LogP contribution in [-0.2, 0) is 18.0 Å². The number of rotatable bonds is 3. The molecule has 0 bridgehead atoms. The fourth-order valence-corrected chi connectivity index (χ4v) is 3.09. The molecule has 6 heteroatoms. The third kappa shape index (κ3) is 4.73. The molecule has 0 unspecified atom stereocenters. The second-order valence-corrected chi connectivity index (χ2v) is 6.69. The molecule has 138 valence electrons. The van der Waals surface area contributed by atoms with E-state index in [4.69, 9.17) is 33.0 Å². The Morgan fingerprint density at radius 2 is 1.33 bits per heavy atom. The summed E-state index contributed by atoms with van der Waals surface area (Å²) in [6.45, 7) is 0.627. The third-order valence-corrected chi connectivity index (χ3v) is 4.66. The highest BCUT2D eigenvalue weighted by atomic mass is 35.5. The zero-order chi connectivity index (χ0) is 19.2. The first-order valence-corrected chi connectivity index (χ1v) is 9.04. The molecule has 0 aliphatic heterocycles. The van der Waals surface area contributed by atoms with Gasteiger partial charge in [0, 0.05) is 30.3 Å². The van der Waals surface area contributed by atoms with Gasteiger partial charge >= 0.3 is 0 Å². The summed E-state index contributed by atoms with van der Waals surface area (Å²) < 4.78 is 5.05. The molecular formula is C21H18Cl2N2O2. The second-order valence-electron chi connectivity index (χ2n) is 5.88. The normalized spacial score (nSPS) is 10.7. The van der Waals surface area contributed by atoms with Crippen LogP contribution in [0.2, 0.25) is 10.0 Å². The average Bonchev–Trinajstić information content (AvgIpc) is 2.69. The fraction of sp³-hybridized carbons (Fsp3) is 0.143. The van der Waals surface area contributed by atoms with Crippen molar-refractivity contribution in [3.8, 4) is 0 Å². The molecule has 0 aliphatic carbocycles. The lowest BCUT2D eigenvalue weighted by Gasteiger charge is -2.03. The van der Waals surface area contributed by atoms with E-state index in [-0.39, 0.29) is 6.61 Å². The van der Waals surface area contributed by atoms with Gasteiger partial charge in [0.2, 0.25) is 0 Å². The van der Waals surface area contributed by atoms with Gasteiger partial charge in [-0.2, -0.15) is 0 Å². The number of fused-ring (bicyclic) bond motifs is 2. The summed E-state index contributed by atoms with van der Waals surface area (Å²) in [5.41, 5.74) is 3.72. The molecule has 4 aromatic rings. The minimum atomic E-state index is 0.0289. The number of aromatic nitrogens is 2. The molecule has 0 spiro atoms. The number of benzene rings is 2. The Hall–Kier alpha value is -2.24. The molecule has 0 atom stereocenters. The van der Waals surface area contributed by atoms with Crippen LogP contribution in [0.4, 0.5) is 0 Å². The summed E-state index contributed by atoms with van der Waals surface area (Å²) in [6.07, 6.45) is 3.38. The zero-order valence-corrected chi connectivity index (χ0v) is 16.2. The maximum atomic E-state index is 8.92. The highest BCUT2D eigenvalue weighted by Gasteiger charge is 2.01. The van der Waals surface area contributed by atoms with Crippen LogP contribution >= 0.6 is 23.2 Å². The minimum absolute atomic E-state index is 0.0289. The monoisotopic (exact) mass is 400 g/mol. The minimum Gasteiger partial charge on any atom is -0.392 e. The van der Waals surface area contributed by atoms with Crippen molar-refractivity contribution in [2.75, 3.05) is 7.11 Å². The van der Waals surface area contributed by atoms with E-state index in [0.717, 1.165) is 38.0 Å². The molecule has 0 amide bonds. The van der Waals surface area contributed by atoms with Crippen molar-refractivity contribution in [3.63, 3.8) is 0 Å². The van der Waals surface area contributed by atoms with Gasteiger partial charge in [-0.25, -0.2) is 0 Å². The number of halogens is 2. The number of pyridine rings is 2. The maximum Gasteiger partial charge on any atom is 0.0717 e. The van der Waals surface area contributed by atoms with E-state index >= 15 is 0 Å². The summed E-state index contributed by atoms with van der Waals surface area (Å²) in [5.74, 6) is 0. The largest absolute Gasteiger partial charge is 0.392 e. The smallest absolute Gasteiger partial charge is 0.0717 e. The van der Waals surface area contributed by atoms with Crippen molar-refractivity contribution in [1.82, 2.24) is 9.97 Å². The number of methoxy groups -OCH3 is 1. The molecule has 0 saturated carbocycles. The van der Waals surface area contributed by atoms with E-state index in [1.807, 2.05) is 36.4 Å². The lowest BCUT2D eigenvalue weighted by atomic mass is 10.1. The summed E-state index contributed by atoms with van der Waals surface area (Å²) >= 11 is 12.0. The van der Waals surface area contributed by atoms with Gasteiger partial charge in [0.05, 0.1) is 34.3 Å². The number of aliphatic hydroxyl groups is 1. The van der Waals surface area contributed by atoms with Crippen LogP contribution in [0, 0.1) is 0 Å². The van der Waals surface area contributed by atoms with Crippen LogP contribution in [0.25, 0.3) is 21.8 Å².